The van der Waals surface area contributed by atoms with E-state index in [-0.39, 0.29) is 37.6 Å². The summed E-state index contributed by atoms with van der Waals surface area (Å²) in [5, 5.41) is 5.72. The van der Waals surface area contributed by atoms with Crippen LogP contribution < -0.4 is 15.4 Å². The van der Waals surface area contributed by atoms with Gasteiger partial charge in [0.1, 0.15) is 5.75 Å². The van der Waals surface area contributed by atoms with Crippen molar-refractivity contribution in [1.29, 1.82) is 0 Å². The first-order valence-electron chi connectivity index (χ1n) is 15.3. The molecule has 254 valence electrons. The van der Waals surface area contributed by atoms with Crippen LogP contribution in [0.5, 0.6) is 5.75 Å². The first kappa shape index (κ1) is 35.7. The standard InChI is InChI=1S/C34H38F6N4O3/c1-23(25-9-6-10-30(19-25)47-2)44(31(45)21-42-29-11-14-43(15-12-29)22-24-7-4-3-5-8-24)16-13-41-32(46)26-17-27(33(35,36)37)20-28(18-26)34(38,39)40/h3-10,17-20,23,29,42H,11-16,21-22H2,1-2H3,(H,41,46). The van der Waals surface area contributed by atoms with Crippen molar-refractivity contribution in [3.63, 3.8) is 0 Å². The van der Waals surface area contributed by atoms with E-state index in [4.69, 9.17) is 4.74 Å². The molecule has 2 N–H and O–H groups in total. The third kappa shape index (κ3) is 10.2. The van der Waals surface area contributed by atoms with Gasteiger partial charge in [0.05, 0.1) is 30.8 Å². The monoisotopic (exact) mass is 664 g/mol. The lowest BCUT2D eigenvalue weighted by molar-refractivity contribution is -0.143. The Balaban J connectivity index is 1.41. The SMILES string of the molecule is COc1cccc(C(C)N(CCNC(=O)c2cc(C(F)(F)F)cc(C(F)(F)F)c2)C(=O)CNC2CCN(Cc3ccccc3)CC2)c1. The molecule has 13 heteroatoms. The molecule has 0 radical (unpaired) electrons. The molecular weight excluding hydrogens is 626 g/mol. The zero-order chi connectivity index (χ0) is 34.2. The molecule has 1 unspecified atom stereocenters. The Kier molecular flexibility index (Phi) is 11.9. The Morgan fingerprint density at radius 3 is 2.15 bits per heavy atom. The quantitative estimate of drug-likeness (QED) is 0.222. The fourth-order valence-corrected chi connectivity index (χ4v) is 5.56. The molecule has 3 aromatic rings. The summed E-state index contributed by atoms with van der Waals surface area (Å²) in [6.45, 7) is 4.11. The van der Waals surface area contributed by atoms with Crippen molar-refractivity contribution in [3.8, 4) is 5.75 Å². The van der Waals surface area contributed by atoms with Crippen molar-refractivity contribution in [3.05, 3.63) is 101 Å². The molecule has 2 amide bonds. The summed E-state index contributed by atoms with van der Waals surface area (Å²) in [5.74, 6) is -0.830. The van der Waals surface area contributed by atoms with E-state index in [9.17, 15) is 35.9 Å². The Bertz CT molecular complexity index is 1460. The average Bonchev–Trinajstić information content (AvgIpc) is 3.05. The molecule has 3 aromatic carbocycles. The van der Waals surface area contributed by atoms with Gasteiger partial charge in [0.2, 0.25) is 5.91 Å². The Morgan fingerprint density at radius 2 is 1.55 bits per heavy atom. The van der Waals surface area contributed by atoms with Gasteiger partial charge in [-0.15, -0.1) is 0 Å². The number of carbonyl (C=O) groups is 2. The maximum absolute atomic E-state index is 13.6. The molecule has 0 spiro atoms. The van der Waals surface area contributed by atoms with Crippen molar-refractivity contribution in [2.24, 2.45) is 0 Å². The van der Waals surface area contributed by atoms with Crippen LogP contribution in [0.15, 0.2) is 72.8 Å². The van der Waals surface area contributed by atoms with E-state index in [1.54, 1.807) is 25.1 Å². The molecule has 1 aliphatic rings. The molecule has 7 nitrogen and oxygen atoms in total. The highest BCUT2D eigenvalue weighted by atomic mass is 19.4. The van der Waals surface area contributed by atoms with E-state index >= 15 is 0 Å². The van der Waals surface area contributed by atoms with Crippen molar-refractivity contribution in [1.82, 2.24) is 20.4 Å². The number of amides is 2. The summed E-state index contributed by atoms with van der Waals surface area (Å²) < 4.78 is 85.1. The normalized spacial score (nSPS) is 15.2. The fraction of sp³-hybridized carbons (Fsp3) is 0.412. The van der Waals surface area contributed by atoms with Gasteiger partial charge in [-0.3, -0.25) is 14.5 Å². The van der Waals surface area contributed by atoms with E-state index in [0.29, 0.717) is 17.9 Å². The molecule has 0 saturated carbocycles. The highest BCUT2D eigenvalue weighted by Crippen LogP contribution is 2.36. The van der Waals surface area contributed by atoms with Crippen LogP contribution in [0.1, 0.15) is 58.4 Å². The maximum Gasteiger partial charge on any atom is 0.416 e. The van der Waals surface area contributed by atoms with Crippen LogP contribution in [0.25, 0.3) is 0 Å². The van der Waals surface area contributed by atoms with Gasteiger partial charge in [-0.1, -0.05) is 42.5 Å². The first-order chi connectivity index (χ1) is 22.2. The van der Waals surface area contributed by atoms with Crippen molar-refractivity contribution >= 4 is 11.8 Å². The minimum absolute atomic E-state index is 0.00811. The van der Waals surface area contributed by atoms with Crippen LogP contribution in [0.4, 0.5) is 26.3 Å². The van der Waals surface area contributed by atoms with Crippen LogP contribution in [0, 0.1) is 0 Å². The largest absolute Gasteiger partial charge is 0.497 e. The predicted octanol–water partition coefficient (Wildman–Crippen LogP) is 6.31. The van der Waals surface area contributed by atoms with E-state index < -0.39 is 41.0 Å². The molecule has 4 rings (SSSR count). The summed E-state index contributed by atoms with van der Waals surface area (Å²) in [7, 11) is 1.51. The molecule has 0 aromatic heterocycles. The van der Waals surface area contributed by atoms with E-state index in [2.05, 4.69) is 27.7 Å². The van der Waals surface area contributed by atoms with Gasteiger partial charge < -0.3 is 20.3 Å². The maximum atomic E-state index is 13.6. The number of hydrogen-bond acceptors (Lipinski definition) is 5. The number of alkyl halides is 6. The number of rotatable bonds is 12. The summed E-state index contributed by atoms with van der Waals surface area (Å²) in [6, 6.07) is 17.6. The summed E-state index contributed by atoms with van der Waals surface area (Å²) >= 11 is 0. The second-order valence-corrected chi connectivity index (χ2v) is 11.5. The fourth-order valence-electron chi connectivity index (χ4n) is 5.56. The lowest BCUT2D eigenvalue weighted by Gasteiger charge is -2.34. The van der Waals surface area contributed by atoms with Gasteiger partial charge >= 0.3 is 12.4 Å². The average molecular weight is 665 g/mol. The highest BCUT2D eigenvalue weighted by Gasteiger charge is 2.37. The molecule has 1 heterocycles. The Hall–Kier alpha value is -4.10. The van der Waals surface area contributed by atoms with Crippen LogP contribution in [0.2, 0.25) is 0 Å². The molecule has 1 atom stereocenters. The predicted molar refractivity (Wildman–Crippen MR) is 165 cm³/mol. The Morgan fingerprint density at radius 1 is 0.915 bits per heavy atom. The first-order valence-corrected chi connectivity index (χ1v) is 15.3. The molecular formula is C34H38F6N4O3. The highest BCUT2D eigenvalue weighted by molar-refractivity contribution is 5.94. The summed E-state index contributed by atoms with van der Waals surface area (Å²) in [6.07, 6.45) is -8.48. The van der Waals surface area contributed by atoms with Gasteiger partial charge in [0, 0.05) is 31.2 Å². The van der Waals surface area contributed by atoms with Gasteiger partial charge in [-0.25, -0.2) is 0 Å². The zero-order valence-corrected chi connectivity index (χ0v) is 26.1. The number of hydrogen-bond donors (Lipinski definition) is 2. The molecule has 47 heavy (non-hydrogen) atoms. The lowest BCUT2D eigenvalue weighted by Crippen LogP contribution is -2.48. The number of piperidine rings is 1. The number of nitrogens with one attached hydrogen (secondary N) is 2. The van der Waals surface area contributed by atoms with Gasteiger partial charge in [-0.2, -0.15) is 26.3 Å². The number of likely N-dealkylation sites (tertiary alicyclic amines) is 1. The van der Waals surface area contributed by atoms with Gasteiger partial charge in [-0.05, 0) is 74.3 Å². The van der Waals surface area contributed by atoms with Gasteiger partial charge in [0.25, 0.3) is 5.91 Å². The van der Waals surface area contributed by atoms with E-state index in [1.807, 2.05) is 24.3 Å². The van der Waals surface area contributed by atoms with E-state index in [1.165, 1.54) is 17.6 Å². The second kappa shape index (κ2) is 15.7. The van der Waals surface area contributed by atoms with E-state index in [0.717, 1.165) is 38.0 Å². The smallest absolute Gasteiger partial charge is 0.416 e. The van der Waals surface area contributed by atoms with Crippen LogP contribution in [-0.4, -0.2) is 67.5 Å². The minimum Gasteiger partial charge on any atom is -0.497 e. The number of halogens is 6. The molecule has 0 aliphatic carbocycles. The van der Waals surface area contributed by atoms with Crippen LogP contribution in [0.3, 0.4) is 0 Å². The van der Waals surface area contributed by atoms with Gasteiger partial charge in [0.15, 0.2) is 0 Å². The molecule has 0 bridgehead atoms. The molecule has 1 aliphatic heterocycles. The van der Waals surface area contributed by atoms with Crippen LogP contribution in [-0.2, 0) is 23.7 Å². The van der Waals surface area contributed by atoms with Crippen molar-refractivity contribution in [2.45, 2.75) is 50.7 Å². The van der Waals surface area contributed by atoms with Crippen LogP contribution >= 0.6 is 0 Å². The molecule has 1 saturated heterocycles. The summed E-state index contributed by atoms with van der Waals surface area (Å²) in [4.78, 5) is 30.2. The van der Waals surface area contributed by atoms with Crippen molar-refractivity contribution < 1.29 is 40.7 Å². The number of carbonyl (C=O) groups excluding carboxylic acids is 2. The number of benzene rings is 3. The third-order valence-corrected chi connectivity index (χ3v) is 8.23. The summed E-state index contributed by atoms with van der Waals surface area (Å²) in [5.41, 5.74) is -1.98. The number of methoxy groups -OCH3 is 1. The Labute approximate surface area is 269 Å². The lowest BCUT2D eigenvalue weighted by atomic mass is 10.0. The third-order valence-electron chi connectivity index (χ3n) is 8.23. The minimum atomic E-state index is -5.09. The second-order valence-electron chi connectivity index (χ2n) is 11.5. The number of ether oxygens (including phenoxy) is 1. The zero-order valence-electron chi connectivity index (χ0n) is 26.1. The van der Waals surface area contributed by atoms with Crippen molar-refractivity contribution in [2.75, 3.05) is 39.8 Å². The number of nitrogens with zero attached hydrogens (tertiary/aromatic N) is 2. The topological polar surface area (TPSA) is 73.9 Å². The molecule has 1 fully saturated rings.